The molecular formula is C11H13NO7. The van der Waals surface area contributed by atoms with Crippen LogP contribution in [0.15, 0.2) is 0 Å². The van der Waals surface area contributed by atoms with Crippen molar-refractivity contribution in [2.45, 2.75) is 31.3 Å². The van der Waals surface area contributed by atoms with E-state index in [9.17, 15) is 14.4 Å². The van der Waals surface area contributed by atoms with Gasteiger partial charge in [-0.3, -0.25) is 9.59 Å². The van der Waals surface area contributed by atoms with Crippen molar-refractivity contribution in [1.29, 1.82) is 0 Å². The number of hydrogen-bond donors (Lipinski definition) is 1. The highest BCUT2D eigenvalue weighted by Gasteiger charge is 2.63. The van der Waals surface area contributed by atoms with Crippen LogP contribution < -0.4 is 0 Å². The summed E-state index contributed by atoms with van der Waals surface area (Å²) in [7, 11) is 0. The van der Waals surface area contributed by atoms with Crippen molar-refractivity contribution in [1.82, 2.24) is 4.90 Å². The molecule has 3 fully saturated rings. The summed E-state index contributed by atoms with van der Waals surface area (Å²) in [6.07, 6.45) is -1.39. The summed E-state index contributed by atoms with van der Waals surface area (Å²) in [5.74, 6) is -2.64. The molecule has 3 atom stereocenters. The Bertz CT molecular complexity index is 434. The van der Waals surface area contributed by atoms with Gasteiger partial charge in [0.05, 0.1) is 19.1 Å². The summed E-state index contributed by atoms with van der Waals surface area (Å²) in [5.41, 5.74) is 0. The Hall–Kier alpha value is -1.67. The van der Waals surface area contributed by atoms with Crippen molar-refractivity contribution >= 4 is 18.0 Å². The van der Waals surface area contributed by atoms with Gasteiger partial charge in [0.15, 0.2) is 0 Å². The number of carbonyl (C=O) groups excluding carboxylic acids is 2. The van der Waals surface area contributed by atoms with Crippen LogP contribution in [-0.4, -0.2) is 53.2 Å². The zero-order valence-corrected chi connectivity index (χ0v) is 10.0. The fraction of sp³-hybridized carbons (Fsp3) is 0.727. The first-order chi connectivity index (χ1) is 9.04. The molecule has 3 aliphatic rings. The van der Waals surface area contributed by atoms with Crippen LogP contribution in [0.2, 0.25) is 0 Å². The van der Waals surface area contributed by atoms with Gasteiger partial charge in [-0.15, -0.1) is 0 Å². The van der Waals surface area contributed by atoms with E-state index in [4.69, 9.17) is 19.3 Å². The lowest BCUT2D eigenvalue weighted by molar-refractivity contribution is -0.269. The van der Waals surface area contributed by atoms with Gasteiger partial charge in [0.1, 0.15) is 6.10 Å². The Morgan fingerprint density at radius 3 is 2.63 bits per heavy atom. The van der Waals surface area contributed by atoms with Gasteiger partial charge >= 0.3 is 6.16 Å². The van der Waals surface area contributed by atoms with Gasteiger partial charge in [0, 0.05) is 12.8 Å². The van der Waals surface area contributed by atoms with Gasteiger partial charge in [0.25, 0.3) is 5.91 Å². The van der Waals surface area contributed by atoms with Crippen LogP contribution in [0, 0.1) is 5.92 Å². The molecule has 104 valence electrons. The number of fused-ring (bicyclic) bond motifs is 1. The van der Waals surface area contributed by atoms with E-state index >= 15 is 0 Å². The normalized spacial score (nSPS) is 37.8. The number of amides is 2. The summed E-state index contributed by atoms with van der Waals surface area (Å²) in [4.78, 5) is 35.3. The first kappa shape index (κ1) is 12.4. The van der Waals surface area contributed by atoms with E-state index < -0.39 is 24.1 Å². The monoisotopic (exact) mass is 271 g/mol. The van der Waals surface area contributed by atoms with Crippen LogP contribution in [0.25, 0.3) is 0 Å². The Balaban J connectivity index is 1.88. The van der Waals surface area contributed by atoms with Crippen molar-refractivity contribution < 1.29 is 33.7 Å². The van der Waals surface area contributed by atoms with Crippen LogP contribution in [0.5, 0.6) is 0 Å². The van der Waals surface area contributed by atoms with Crippen molar-refractivity contribution in [3.63, 3.8) is 0 Å². The maximum Gasteiger partial charge on any atom is 0.506 e. The largest absolute Gasteiger partial charge is 0.506 e. The molecule has 3 aliphatic heterocycles. The summed E-state index contributed by atoms with van der Waals surface area (Å²) < 4.78 is 15.7. The van der Waals surface area contributed by atoms with Crippen LogP contribution in [0.1, 0.15) is 19.3 Å². The SMILES string of the molecule is O=C(O)O[C@H]1CO[C@]2(N3C(=O)CCC3=O)OCC[C@@H]12. The topological polar surface area (TPSA) is 102 Å². The van der Waals surface area contributed by atoms with Crippen LogP contribution in [0.4, 0.5) is 4.79 Å². The number of carboxylic acid groups (broad SMARTS) is 1. The molecule has 0 bridgehead atoms. The second-order valence-electron chi connectivity index (χ2n) is 4.73. The van der Waals surface area contributed by atoms with Crippen molar-refractivity contribution in [2.75, 3.05) is 13.2 Å². The smallest absolute Gasteiger partial charge is 0.450 e. The fourth-order valence-electron chi connectivity index (χ4n) is 2.97. The van der Waals surface area contributed by atoms with E-state index in [1.165, 1.54) is 0 Å². The van der Waals surface area contributed by atoms with Gasteiger partial charge < -0.3 is 19.3 Å². The van der Waals surface area contributed by atoms with Gasteiger partial charge in [-0.25, -0.2) is 9.69 Å². The lowest BCUT2D eigenvalue weighted by atomic mass is 9.99. The van der Waals surface area contributed by atoms with Gasteiger partial charge in [-0.05, 0) is 6.42 Å². The highest BCUT2D eigenvalue weighted by molar-refractivity contribution is 6.02. The van der Waals surface area contributed by atoms with E-state index in [-0.39, 0.29) is 31.3 Å². The third-order valence-corrected chi connectivity index (χ3v) is 3.72. The fourth-order valence-corrected chi connectivity index (χ4v) is 2.97. The highest BCUT2D eigenvalue weighted by atomic mass is 16.8. The average Bonchev–Trinajstić information content (AvgIpc) is 2.96. The molecule has 0 aromatic heterocycles. The minimum Gasteiger partial charge on any atom is -0.450 e. The zero-order chi connectivity index (χ0) is 13.6. The molecule has 0 aromatic rings. The molecule has 8 heteroatoms. The molecule has 3 heterocycles. The van der Waals surface area contributed by atoms with E-state index in [1.807, 2.05) is 0 Å². The zero-order valence-electron chi connectivity index (χ0n) is 10.0. The predicted octanol–water partition coefficient (Wildman–Crippen LogP) is -0.0809. The number of rotatable bonds is 2. The summed E-state index contributed by atoms with van der Waals surface area (Å²) in [5, 5.41) is 8.68. The van der Waals surface area contributed by atoms with Crippen molar-refractivity contribution in [3.05, 3.63) is 0 Å². The molecule has 3 saturated heterocycles. The molecule has 1 N–H and O–H groups in total. The molecular weight excluding hydrogens is 258 g/mol. The number of carbonyl (C=O) groups is 3. The molecule has 0 spiro atoms. The summed E-state index contributed by atoms with van der Waals surface area (Å²) in [6.45, 7) is 0.273. The lowest BCUT2D eigenvalue weighted by Crippen LogP contribution is -2.55. The second kappa shape index (κ2) is 4.17. The summed E-state index contributed by atoms with van der Waals surface area (Å²) >= 11 is 0. The molecule has 8 nitrogen and oxygen atoms in total. The van der Waals surface area contributed by atoms with Gasteiger partial charge in [-0.2, -0.15) is 0 Å². The second-order valence-corrected chi connectivity index (χ2v) is 4.73. The maximum atomic E-state index is 11.8. The molecule has 0 saturated carbocycles. The van der Waals surface area contributed by atoms with Crippen LogP contribution in [-0.2, 0) is 23.8 Å². The number of imide groups is 1. The summed E-state index contributed by atoms with van der Waals surface area (Å²) in [6, 6.07) is 0. The number of likely N-dealkylation sites (tertiary alicyclic amines) is 1. The van der Waals surface area contributed by atoms with E-state index in [0.29, 0.717) is 13.0 Å². The van der Waals surface area contributed by atoms with Crippen molar-refractivity contribution in [2.24, 2.45) is 5.92 Å². The molecule has 0 unspecified atom stereocenters. The Morgan fingerprint density at radius 1 is 1.32 bits per heavy atom. The third-order valence-electron chi connectivity index (χ3n) is 3.72. The van der Waals surface area contributed by atoms with Crippen LogP contribution >= 0.6 is 0 Å². The maximum absolute atomic E-state index is 11.8. The molecule has 0 aliphatic carbocycles. The molecule has 19 heavy (non-hydrogen) atoms. The van der Waals surface area contributed by atoms with Gasteiger partial charge in [-0.1, -0.05) is 0 Å². The van der Waals surface area contributed by atoms with E-state index in [2.05, 4.69) is 0 Å². The number of ether oxygens (including phenoxy) is 3. The minimum absolute atomic E-state index is 0.0198. The van der Waals surface area contributed by atoms with Crippen molar-refractivity contribution in [3.8, 4) is 0 Å². The standard InChI is InChI=1S/C11H13NO7/c13-8-1-2-9(14)12(8)11-6(3-4-17-11)7(5-18-11)19-10(15)16/h6-7H,1-5H2,(H,15,16)/t6-,7-,11+/m0/s1. The first-order valence-corrected chi connectivity index (χ1v) is 6.08. The van der Waals surface area contributed by atoms with Gasteiger partial charge in [0.2, 0.25) is 11.8 Å². The Kier molecular flexibility index (Phi) is 2.72. The minimum atomic E-state index is -1.47. The molecule has 0 radical (unpaired) electrons. The first-order valence-electron chi connectivity index (χ1n) is 6.08. The Labute approximate surface area is 108 Å². The predicted molar refractivity (Wildman–Crippen MR) is 56.7 cm³/mol. The van der Waals surface area contributed by atoms with E-state index in [0.717, 1.165) is 4.90 Å². The number of nitrogens with zero attached hydrogens (tertiary/aromatic N) is 1. The highest BCUT2D eigenvalue weighted by Crippen LogP contribution is 2.46. The van der Waals surface area contributed by atoms with Crippen LogP contribution in [0.3, 0.4) is 0 Å². The average molecular weight is 271 g/mol. The Morgan fingerprint density at radius 2 is 2.00 bits per heavy atom. The number of hydrogen-bond acceptors (Lipinski definition) is 6. The van der Waals surface area contributed by atoms with E-state index in [1.54, 1.807) is 0 Å². The molecule has 3 rings (SSSR count). The third kappa shape index (κ3) is 1.71. The molecule has 2 amide bonds. The molecule has 0 aromatic carbocycles. The lowest BCUT2D eigenvalue weighted by Gasteiger charge is -2.34. The quantitative estimate of drug-likeness (QED) is 0.553.